The van der Waals surface area contributed by atoms with E-state index in [0.29, 0.717) is 6.54 Å². The van der Waals surface area contributed by atoms with Crippen LogP contribution in [0.5, 0.6) is 0 Å². The molecule has 0 aliphatic heterocycles. The first-order valence-electron chi connectivity index (χ1n) is 6.33. The fraction of sp³-hybridized carbons (Fsp3) is 0.500. The van der Waals surface area contributed by atoms with Crippen LogP contribution < -0.4 is 10.6 Å². The quantitative estimate of drug-likeness (QED) is 0.878. The number of hydrogen-bond acceptors (Lipinski definition) is 2. The van der Waals surface area contributed by atoms with Gasteiger partial charge in [0.1, 0.15) is 0 Å². The number of nitrogens with one attached hydrogen (secondary N) is 2. The molecule has 4 heteroatoms. The van der Waals surface area contributed by atoms with E-state index in [0.717, 1.165) is 28.2 Å². The van der Waals surface area contributed by atoms with E-state index in [4.69, 9.17) is 0 Å². The molecule has 1 aliphatic rings. The zero-order valence-corrected chi connectivity index (χ0v) is 12.4. The van der Waals surface area contributed by atoms with Gasteiger partial charge in [-0.2, -0.15) is 0 Å². The Balaban J connectivity index is 1.89. The molecule has 1 aromatic rings. The van der Waals surface area contributed by atoms with Crippen molar-refractivity contribution in [2.24, 2.45) is 5.92 Å². The highest BCUT2D eigenvalue weighted by atomic mass is 79.9. The number of amides is 1. The van der Waals surface area contributed by atoms with Gasteiger partial charge >= 0.3 is 0 Å². The maximum absolute atomic E-state index is 11.8. The van der Waals surface area contributed by atoms with Crippen molar-refractivity contribution in [2.45, 2.75) is 26.7 Å². The van der Waals surface area contributed by atoms with Gasteiger partial charge in [-0.05, 0) is 72.3 Å². The van der Waals surface area contributed by atoms with Crippen molar-refractivity contribution in [3.63, 3.8) is 0 Å². The highest BCUT2D eigenvalue weighted by molar-refractivity contribution is 9.10. The minimum absolute atomic E-state index is 0.0169. The summed E-state index contributed by atoms with van der Waals surface area (Å²) in [7, 11) is 0. The lowest BCUT2D eigenvalue weighted by Gasteiger charge is -2.12. The summed E-state index contributed by atoms with van der Waals surface area (Å²) in [5, 5.41) is 6.14. The lowest BCUT2D eigenvalue weighted by atomic mass is 10.1. The molecule has 1 saturated carbocycles. The second kappa shape index (κ2) is 5.85. The number of rotatable bonds is 5. The lowest BCUT2D eigenvalue weighted by molar-refractivity contribution is -0.115. The van der Waals surface area contributed by atoms with Gasteiger partial charge in [0.2, 0.25) is 5.91 Å². The average Bonchev–Trinajstić information content (AvgIpc) is 3.07. The molecule has 0 bridgehead atoms. The molecule has 2 rings (SSSR count). The van der Waals surface area contributed by atoms with Crippen LogP contribution in [-0.4, -0.2) is 19.0 Å². The molecule has 18 heavy (non-hydrogen) atoms. The predicted octanol–water partition coefficient (Wildman–Crippen LogP) is 3.00. The summed E-state index contributed by atoms with van der Waals surface area (Å²) in [6.45, 7) is 5.39. The highest BCUT2D eigenvalue weighted by Crippen LogP contribution is 2.28. The Hall–Kier alpha value is -0.870. The molecule has 0 heterocycles. The van der Waals surface area contributed by atoms with E-state index in [1.54, 1.807) is 0 Å². The molecular weight excluding hydrogens is 292 g/mol. The third-order valence-corrected chi connectivity index (χ3v) is 3.74. The first-order chi connectivity index (χ1) is 8.56. The largest absolute Gasteiger partial charge is 0.324 e. The number of anilines is 1. The summed E-state index contributed by atoms with van der Waals surface area (Å²) < 4.78 is 0.940. The number of aryl methyl sites for hydroxylation is 2. The van der Waals surface area contributed by atoms with Gasteiger partial charge in [0.05, 0.1) is 12.2 Å². The first kappa shape index (κ1) is 13.6. The standard InChI is InChI=1S/C14H19BrN2O/c1-9-5-10(2)14(12(15)6-9)17-13(18)8-16-7-11-3-4-11/h5-6,11,16H,3-4,7-8H2,1-2H3,(H,17,18). The van der Waals surface area contributed by atoms with Crippen LogP contribution in [0, 0.1) is 19.8 Å². The molecule has 1 aliphatic carbocycles. The molecule has 1 aromatic carbocycles. The van der Waals surface area contributed by atoms with Crippen LogP contribution in [0.2, 0.25) is 0 Å². The van der Waals surface area contributed by atoms with E-state index in [9.17, 15) is 4.79 Å². The first-order valence-corrected chi connectivity index (χ1v) is 7.13. The predicted molar refractivity (Wildman–Crippen MR) is 77.8 cm³/mol. The summed E-state index contributed by atoms with van der Waals surface area (Å²) >= 11 is 3.49. The highest BCUT2D eigenvalue weighted by Gasteiger charge is 2.20. The maximum atomic E-state index is 11.8. The zero-order chi connectivity index (χ0) is 13.1. The summed E-state index contributed by atoms with van der Waals surface area (Å²) in [5.74, 6) is 0.814. The van der Waals surface area contributed by atoms with Gasteiger partial charge < -0.3 is 10.6 Å². The average molecular weight is 311 g/mol. The van der Waals surface area contributed by atoms with Gasteiger partial charge in [-0.1, -0.05) is 6.07 Å². The van der Waals surface area contributed by atoms with Crippen LogP contribution in [0.25, 0.3) is 0 Å². The van der Waals surface area contributed by atoms with Crippen molar-refractivity contribution < 1.29 is 4.79 Å². The summed E-state index contributed by atoms with van der Waals surface area (Å²) in [4.78, 5) is 11.8. The van der Waals surface area contributed by atoms with E-state index < -0.39 is 0 Å². The van der Waals surface area contributed by atoms with Crippen molar-refractivity contribution in [3.05, 3.63) is 27.7 Å². The molecular formula is C14H19BrN2O. The molecule has 1 amide bonds. The number of benzene rings is 1. The van der Waals surface area contributed by atoms with Gasteiger partial charge in [-0.25, -0.2) is 0 Å². The van der Waals surface area contributed by atoms with E-state index in [2.05, 4.69) is 32.6 Å². The number of hydrogen-bond donors (Lipinski definition) is 2. The van der Waals surface area contributed by atoms with E-state index >= 15 is 0 Å². The molecule has 0 aromatic heterocycles. The minimum Gasteiger partial charge on any atom is -0.324 e. The molecule has 0 unspecified atom stereocenters. The summed E-state index contributed by atoms with van der Waals surface area (Å²) in [6.07, 6.45) is 2.61. The molecule has 0 saturated heterocycles. The Bertz CT molecular complexity index is 432. The van der Waals surface area contributed by atoms with Crippen molar-refractivity contribution in [2.75, 3.05) is 18.4 Å². The maximum Gasteiger partial charge on any atom is 0.238 e. The molecule has 98 valence electrons. The van der Waals surface area contributed by atoms with Crippen molar-refractivity contribution in [1.29, 1.82) is 0 Å². The van der Waals surface area contributed by atoms with Crippen LogP contribution in [0.4, 0.5) is 5.69 Å². The molecule has 0 atom stereocenters. The van der Waals surface area contributed by atoms with Gasteiger partial charge in [-0.3, -0.25) is 4.79 Å². The van der Waals surface area contributed by atoms with Crippen molar-refractivity contribution >= 4 is 27.5 Å². The molecule has 0 radical (unpaired) electrons. The SMILES string of the molecule is Cc1cc(C)c(NC(=O)CNCC2CC2)c(Br)c1. The minimum atomic E-state index is 0.0169. The van der Waals surface area contributed by atoms with Gasteiger partial charge in [0.25, 0.3) is 0 Å². The van der Waals surface area contributed by atoms with E-state index in [1.807, 2.05) is 19.9 Å². The molecule has 2 N–H and O–H groups in total. The Morgan fingerprint density at radius 2 is 2.11 bits per heavy atom. The Labute approximate surface area is 116 Å². The fourth-order valence-corrected chi connectivity index (χ4v) is 2.74. The number of halogens is 1. The smallest absolute Gasteiger partial charge is 0.238 e. The second-order valence-corrected chi connectivity index (χ2v) is 5.92. The summed E-state index contributed by atoms with van der Waals surface area (Å²) in [6, 6.07) is 4.08. The van der Waals surface area contributed by atoms with E-state index in [-0.39, 0.29) is 5.91 Å². The third-order valence-electron chi connectivity index (χ3n) is 3.11. The molecule has 3 nitrogen and oxygen atoms in total. The van der Waals surface area contributed by atoms with Crippen LogP contribution >= 0.6 is 15.9 Å². The topological polar surface area (TPSA) is 41.1 Å². The van der Waals surface area contributed by atoms with Crippen molar-refractivity contribution in [3.8, 4) is 0 Å². The van der Waals surface area contributed by atoms with Crippen LogP contribution in [0.3, 0.4) is 0 Å². The monoisotopic (exact) mass is 310 g/mol. The van der Waals surface area contributed by atoms with Crippen molar-refractivity contribution in [1.82, 2.24) is 5.32 Å². The normalized spacial score (nSPS) is 14.6. The Kier molecular flexibility index (Phi) is 4.40. The Morgan fingerprint density at radius 1 is 1.39 bits per heavy atom. The van der Waals surface area contributed by atoms with Gasteiger partial charge in [0, 0.05) is 4.47 Å². The zero-order valence-electron chi connectivity index (χ0n) is 10.8. The molecule has 1 fully saturated rings. The van der Waals surface area contributed by atoms with E-state index in [1.165, 1.54) is 18.4 Å². The van der Waals surface area contributed by atoms with Gasteiger partial charge in [0.15, 0.2) is 0 Å². The van der Waals surface area contributed by atoms with Gasteiger partial charge in [-0.15, -0.1) is 0 Å². The lowest BCUT2D eigenvalue weighted by Crippen LogP contribution is -2.29. The van der Waals surface area contributed by atoms with Crippen LogP contribution in [0.1, 0.15) is 24.0 Å². The number of carbonyl (C=O) groups excluding carboxylic acids is 1. The second-order valence-electron chi connectivity index (χ2n) is 5.06. The third kappa shape index (κ3) is 3.82. The number of carbonyl (C=O) groups is 1. The molecule has 0 spiro atoms. The summed E-state index contributed by atoms with van der Waals surface area (Å²) in [5.41, 5.74) is 3.14. The van der Waals surface area contributed by atoms with Crippen LogP contribution in [0.15, 0.2) is 16.6 Å². The fourth-order valence-electron chi connectivity index (χ4n) is 1.97. The van der Waals surface area contributed by atoms with Crippen LogP contribution in [-0.2, 0) is 4.79 Å². The Morgan fingerprint density at radius 3 is 2.72 bits per heavy atom.